The number of rotatable bonds is 3. The van der Waals surface area contributed by atoms with Gasteiger partial charge in [-0.1, -0.05) is 0 Å². The third kappa shape index (κ3) is 1.85. The molecule has 2 aromatic rings. The van der Waals surface area contributed by atoms with Gasteiger partial charge in [0.05, 0.1) is 23.7 Å². The van der Waals surface area contributed by atoms with Crippen molar-refractivity contribution in [3.8, 4) is 0 Å². The molecular formula is C13H19N3O2. The standard InChI is InChI=1S/C13H19N3O2/c1-8-5-11-12(16(3)13(17)15(11)2)6-9(8)10(14)7-18-4/h5-6,10H,7,14H2,1-4H3. The zero-order chi connectivity index (χ0) is 13.4. The summed E-state index contributed by atoms with van der Waals surface area (Å²) in [6.07, 6.45) is 0. The summed E-state index contributed by atoms with van der Waals surface area (Å²) >= 11 is 0. The second-order valence-corrected chi connectivity index (χ2v) is 4.66. The molecule has 0 saturated carbocycles. The van der Waals surface area contributed by atoms with Crippen LogP contribution in [0, 0.1) is 6.92 Å². The van der Waals surface area contributed by atoms with Gasteiger partial charge in [0.2, 0.25) is 0 Å². The summed E-state index contributed by atoms with van der Waals surface area (Å²) in [5.41, 5.74) is 9.97. The molecule has 1 atom stereocenters. The number of methoxy groups -OCH3 is 1. The third-order valence-electron chi connectivity index (χ3n) is 3.41. The summed E-state index contributed by atoms with van der Waals surface area (Å²) in [5, 5.41) is 0. The van der Waals surface area contributed by atoms with Crippen molar-refractivity contribution < 1.29 is 4.74 Å². The van der Waals surface area contributed by atoms with Crippen LogP contribution in [-0.2, 0) is 18.8 Å². The van der Waals surface area contributed by atoms with Crippen LogP contribution in [0.25, 0.3) is 11.0 Å². The lowest BCUT2D eigenvalue weighted by Gasteiger charge is -2.14. The van der Waals surface area contributed by atoms with Gasteiger partial charge in [-0.15, -0.1) is 0 Å². The Balaban J connectivity index is 2.68. The molecule has 0 radical (unpaired) electrons. The molecule has 0 aliphatic carbocycles. The molecule has 5 heteroatoms. The largest absolute Gasteiger partial charge is 0.383 e. The van der Waals surface area contributed by atoms with Crippen LogP contribution >= 0.6 is 0 Å². The monoisotopic (exact) mass is 249 g/mol. The first-order valence-corrected chi connectivity index (χ1v) is 5.87. The summed E-state index contributed by atoms with van der Waals surface area (Å²) in [6.45, 7) is 2.47. The highest BCUT2D eigenvalue weighted by Crippen LogP contribution is 2.22. The maximum atomic E-state index is 11.9. The molecule has 0 aliphatic heterocycles. The van der Waals surface area contributed by atoms with E-state index in [2.05, 4.69) is 0 Å². The third-order valence-corrected chi connectivity index (χ3v) is 3.41. The number of imidazole rings is 1. The topological polar surface area (TPSA) is 62.2 Å². The van der Waals surface area contributed by atoms with E-state index in [9.17, 15) is 4.79 Å². The van der Waals surface area contributed by atoms with E-state index in [-0.39, 0.29) is 11.7 Å². The molecule has 1 heterocycles. The van der Waals surface area contributed by atoms with Gasteiger partial charge in [0.15, 0.2) is 0 Å². The Bertz CT molecular complexity index is 640. The van der Waals surface area contributed by atoms with E-state index in [1.165, 1.54) is 0 Å². The Morgan fingerprint density at radius 1 is 1.28 bits per heavy atom. The fraction of sp³-hybridized carbons (Fsp3) is 0.462. The summed E-state index contributed by atoms with van der Waals surface area (Å²) in [7, 11) is 5.18. The second-order valence-electron chi connectivity index (χ2n) is 4.66. The van der Waals surface area contributed by atoms with E-state index in [1.54, 1.807) is 30.3 Å². The smallest absolute Gasteiger partial charge is 0.328 e. The molecule has 1 aromatic heterocycles. The van der Waals surface area contributed by atoms with Crippen molar-refractivity contribution in [2.75, 3.05) is 13.7 Å². The highest BCUT2D eigenvalue weighted by molar-refractivity contribution is 5.78. The van der Waals surface area contributed by atoms with E-state index in [4.69, 9.17) is 10.5 Å². The number of hydrogen-bond acceptors (Lipinski definition) is 3. The highest BCUT2D eigenvalue weighted by atomic mass is 16.5. The average Bonchev–Trinajstić information content (AvgIpc) is 2.54. The van der Waals surface area contributed by atoms with Crippen molar-refractivity contribution in [2.45, 2.75) is 13.0 Å². The summed E-state index contributed by atoms with van der Waals surface area (Å²) < 4.78 is 8.37. The van der Waals surface area contributed by atoms with Crippen molar-refractivity contribution in [2.24, 2.45) is 19.8 Å². The molecule has 1 aromatic carbocycles. The zero-order valence-corrected chi connectivity index (χ0v) is 11.2. The Morgan fingerprint density at radius 3 is 2.39 bits per heavy atom. The van der Waals surface area contributed by atoms with Gasteiger partial charge in [-0.2, -0.15) is 0 Å². The predicted molar refractivity (Wildman–Crippen MR) is 71.7 cm³/mol. The lowest BCUT2D eigenvalue weighted by atomic mass is 10.0. The van der Waals surface area contributed by atoms with Gasteiger partial charge in [0, 0.05) is 21.2 Å². The normalized spacial score (nSPS) is 13.2. The first kappa shape index (κ1) is 12.9. The minimum atomic E-state index is -0.172. The number of hydrogen-bond donors (Lipinski definition) is 1. The van der Waals surface area contributed by atoms with Crippen LogP contribution in [0.3, 0.4) is 0 Å². The van der Waals surface area contributed by atoms with Crippen molar-refractivity contribution in [3.63, 3.8) is 0 Å². The lowest BCUT2D eigenvalue weighted by Crippen LogP contribution is -2.19. The van der Waals surface area contributed by atoms with Gasteiger partial charge in [-0.25, -0.2) is 4.79 Å². The van der Waals surface area contributed by atoms with Gasteiger partial charge in [-0.3, -0.25) is 9.13 Å². The van der Waals surface area contributed by atoms with Gasteiger partial charge in [0.25, 0.3) is 0 Å². The van der Waals surface area contributed by atoms with Crippen molar-refractivity contribution in [3.05, 3.63) is 33.7 Å². The minimum Gasteiger partial charge on any atom is -0.383 e. The molecule has 0 spiro atoms. The van der Waals surface area contributed by atoms with Crippen molar-refractivity contribution in [1.29, 1.82) is 0 Å². The summed E-state index contributed by atoms with van der Waals surface area (Å²) in [5.74, 6) is 0. The molecule has 98 valence electrons. The van der Waals surface area contributed by atoms with Crippen molar-refractivity contribution >= 4 is 11.0 Å². The molecule has 0 fully saturated rings. The lowest BCUT2D eigenvalue weighted by molar-refractivity contribution is 0.181. The fourth-order valence-corrected chi connectivity index (χ4v) is 2.33. The van der Waals surface area contributed by atoms with Crippen molar-refractivity contribution in [1.82, 2.24) is 9.13 Å². The molecule has 0 amide bonds. The molecule has 2 N–H and O–H groups in total. The Kier molecular flexibility index (Phi) is 3.28. The van der Waals surface area contributed by atoms with E-state index in [1.807, 2.05) is 19.1 Å². The van der Waals surface area contributed by atoms with E-state index >= 15 is 0 Å². The average molecular weight is 249 g/mol. The first-order chi connectivity index (χ1) is 8.47. The number of fused-ring (bicyclic) bond motifs is 1. The Labute approximate surface area is 106 Å². The molecule has 0 bridgehead atoms. The van der Waals surface area contributed by atoms with Gasteiger partial charge >= 0.3 is 5.69 Å². The number of benzene rings is 1. The molecule has 0 aliphatic rings. The second kappa shape index (κ2) is 4.59. The molecule has 2 rings (SSSR count). The van der Waals surface area contributed by atoms with E-state index in [0.717, 1.165) is 22.2 Å². The van der Waals surface area contributed by atoms with Crippen LogP contribution in [0.15, 0.2) is 16.9 Å². The van der Waals surface area contributed by atoms with Crippen LogP contribution in [0.5, 0.6) is 0 Å². The molecule has 0 saturated heterocycles. The van der Waals surface area contributed by atoms with E-state index < -0.39 is 0 Å². The molecule has 18 heavy (non-hydrogen) atoms. The predicted octanol–water partition coefficient (Wildman–Crippen LogP) is 0.832. The molecular weight excluding hydrogens is 230 g/mol. The van der Waals surface area contributed by atoms with Crippen LogP contribution < -0.4 is 11.4 Å². The van der Waals surface area contributed by atoms with E-state index in [0.29, 0.717) is 6.61 Å². The summed E-state index contributed by atoms with van der Waals surface area (Å²) in [6, 6.07) is 3.81. The van der Waals surface area contributed by atoms with Crippen LogP contribution in [0.1, 0.15) is 17.2 Å². The molecule has 5 nitrogen and oxygen atoms in total. The number of nitrogens with two attached hydrogens (primary N) is 1. The summed E-state index contributed by atoms with van der Waals surface area (Å²) in [4.78, 5) is 11.9. The van der Waals surface area contributed by atoms with Crippen LogP contribution in [0.2, 0.25) is 0 Å². The maximum absolute atomic E-state index is 11.9. The van der Waals surface area contributed by atoms with Gasteiger partial charge in [-0.05, 0) is 30.2 Å². The van der Waals surface area contributed by atoms with Crippen LogP contribution in [-0.4, -0.2) is 22.9 Å². The Hall–Kier alpha value is -1.59. The number of ether oxygens (including phenoxy) is 1. The number of aryl methyl sites for hydroxylation is 3. The zero-order valence-electron chi connectivity index (χ0n) is 11.2. The first-order valence-electron chi connectivity index (χ1n) is 5.87. The maximum Gasteiger partial charge on any atom is 0.328 e. The minimum absolute atomic E-state index is 0.0261. The van der Waals surface area contributed by atoms with Crippen LogP contribution in [0.4, 0.5) is 0 Å². The molecule has 1 unspecified atom stereocenters. The number of aromatic nitrogens is 2. The van der Waals surface area contributed by atoms with Gasteiger partial charge in [0.1, 0.15) is 0 Å². The number of nitrogens with zero attached hydrogens (tertiary/aromatic N) is 2. The highest BCUT2D eigenvalue weighted by Gasteiger charge is 2.14. The van der Waals surface area contributed by atoms with Gasteiger partial charge < -0.3 is 10.5 Å². The quantitative estimate of drug-likeness (QED) is 0.876. The Morgan fingerprint density at radius 2 is 1.83 bits per heavy atom. The SMILES string of the molecule is COCC(N)c1cc2c(cc1C)n(C)c(=O)n2C. The fourth-order valence-electron chi connectivity index (χ4n) is 2.33.